The number of amides is 2. The van der Waals surface area contributed by atoms with Crippen molar-refractivity contribution in [3.63, 3.8) is 0 Å². The molecule has 42 heavy (non-hydrogen) atoms. The van der Waals surface area contributed by atoms with Gasteiger partial charge in [0, 0.05) is 24.9 Å². The molecule has 10 nitrogen and oxygen atoms in total. The lowest BCUT2D eigenvalue weighted by Crippen LogP contribution is -2.53. The van der Waals surface area contributed by atoms with E-state index in [9.17, 15) is 26.8 Å². The van der Waals surface area contributed by atoms with E-state index in [-0.39, 0.29) is 52.6 Å². The average Bonchev–Trinajstić information content (AvgIpc) is 2.97. The van der Waals surface area contributed by atoms with Crippen LogP contribution in [0.4, 0.5) is 20.2 Å². The first-order valence-corrected chi connectivity index (χ1v) is 14.6. The second-order valence-corrected chi connectivity index (χ2v) is 11.7. The zero-order chi connectivity index (χ0) is 30.0. The van der Waals surface area contributed by atoms with Crippen molar-refractivity contribution < 1.29 is 41.0 Å². The van der Waals surface area contributed by atoms with E-state index in [1.807, 2.05) is 0 Å². The number of anilines is 2. The van der Waals surface area contributed by atoms with Crippen LogP contribution >= 0.6 is 0 Å². The lowest BCUT2D eigenvalue weighted by molar-refractivity contribution is -0.130. The number of nitrogens with zero attached hydrogens (tertiary/aromatic N) is 1. The molecule has 1 fully saturated rings. The number of benzene rings is 3. The number of methoxy groups -OCH3 is 1. The first-order chi connectivity index (χ1) is 20.0. The first-order valence-electron chi connectivity index (χ1n) is 13.2. The molecule has 3 aromatic carbocycles. The van der Waals surface area contributed by atoms with Crippen LogP contribution in [0.3, 0.4) is 0 Å². The molecule has 0 radical (unpaired) electrons. The summed E-state index contributed by atoms with van der Waals surface area (Å²) in [5.74, 6) is -1.71. The number of likely N-dealkylation sites (N-methyl/N-ethyl adjacent to an activating group) is 1. The smallest absolute Gasteiger partial charge is 0.262 e. The molecule has 0 unspecified atom stereocenters. The molecule has 2 aliphatic heterocycles. The zero-order valence-corrected chi connectivity index (χ0v) is 23.6. The van der Waals surface area contributed by atoms with Crippen LogP contribution in [-0.2, 0) is 19.6 Å². The Morgan fingerprint density at radius 3 is 2.69 bits per heavy atom. The predicted octanol–water partition coefficient (Wildman–Crippen LogP) is 4.18. The minimum Gasteiger partial charge on any atom is -0.497 e. The van der Waals surface area contributed by atoms with Crippen molar-refractivity contribution in [1.29, 1.82) is 0 Å². The average molecular weight is 602 g/mol. The van der Waals surface area contributed by atoms with Gasteiger partial charge in [0.2, 0.25) is 5.91 Å². The number of hydrogen-bond acceptors (Lipinski definition) is 7. The van der Waals surface area contributed by atoms with Crippen molar-refractivity contribution in [2.75, 3.05) is 30.8 Å². The molecule has 2 N–H and O–H groups in total. The molecule has 5 rings (SSSR count). The number of carbonyl (C=O) groups excluding carboxylic acids is 2. The fourth-order valence-electron chi connectivity index (χ4n) is 5.07. The summed E-state index contributed by atoms with van der Waals surface area (Å²) in [4.78, 5) is 27.6. The minimum atomic E-state index is -3.97. The molecule has 2 aliphatic rings. The number of rotatable bonds is 7. The summed E-state index contributed by atoms with van der Waals surface area (Å²) in [6, 6.07) is 12.8. The Balaban J connectivity index is 1.27. The summed E-state index contributed by atoms with van der Waals surface area (Å²) >= 11 is 0. The highest BCUT2D eigenvalue weighted by molar-refractivity contribution is 7.92. The maximum Gasteiger partial charge on any atom is 0.262 e. The van der Waals surface area contributed by atoms with Crippen LogP contribution in [0.2, 0.25) is 0 Å². The molecule has 2 heterocycles. The summed E-state index contributed by atoms with van der Waals surface area (Å²) in [5, 5.41) is 2.37. The number of nitrogens with one attached hydrogen (secondary N) is 2. The second-order valence-electron chi connectivity index (χ2n) is 10.0. The van der Waals surface area contributed by atoms with Gasteiger partial charge in [0.05, 0.1) is 41.8 Å². The van der Waals surface area contributed by atoms with Crippen molar-refractivity contribution in [2.45, 2.75) is 42.4 Å². The lowest BCUT2D eigenvalue weighted by atomic mass is 9.94. The Labute approximate surface area is 241 Å². The maximum atomic E-state index is 13.9. The van der Waals surface area contributed by atoms with E-state index in [1.54, 1.807) is 19.2 Å². The van der Waals surface area contributed by atoms with Crippen molar-refractivity contribution in [3.05, 3.63) is 77.9 Å². The molecular weight excluding hydrogens is 572 g/mol. The Morgan fingerprint density at radius 1 is 1.10 bits per heavy atom. The van der Waals surface area contributed by atoms with E-state index in [0.717, 1.165) is 18.2 Å². The number of halogens is 2. The highest BCUT2D eigenvalue weighted by atomic mass is 32.2. The summed E-state index contributed by atoms with van der Waals surface area (Å²) < 4.78 is 73.0. The van der Waals surface area contributed by atoms with Crippen LogP contribution in [0.25, 0.3) is 0 Å². The number of sulfonamides is 1. The third-order valence-corrected chi connectivity index (χ3v) is 8.61. The quantitative estimate of drug-likeness (QED) is 0.417. The van der Waals surface area contributed by atoms with E-state index < -0.39 is 39.8 Å². The molecule has 0 aromatic heterocycles. The molecule has 13 heteroatoms. The van der Waals surface area contributed by atoms with Crippen LogP contribution < -0.4 is 19.5 Å². The predicted molar refractivity (Wildman–Crippen MR) is 149 cm³/mol. The van der Waals surface area contributed by atoms with E-state index in [4.69, 9.17) is 14.2 Å². The molecule has 0 aliphatic carbocycles. The van der Waals surface area contributed by atoms with E-state index in [2.05, 4.69) is 10.0 Å². The zero-order valence-electron chi connectivity index (χ0n) is 22.8. The number of hydrogen-bond donors (Lipinski definition) is 2. The Morgan fingerprint density at radius 2 is 1.90 bits per heavy atom. The molecule has 0 bridgehead atoms. The fraction of sp³-hybridized carbons (Fsp3) is 0.310. The molecule has 2 amide bonds. The van der Waals surface area contributed by atoms with Crippen LogP contribution in [0.5, 0.6) is 11.5 Å². The van der Waals surface area contributed by atoms with Gasteiger partial charge < -0.3 is 24.4 Å². The third kappa shape index (κ3) is 6.31. The van der Waals surface area contributed by atoms with Crippen molar-refractivity contribution in [1.82, 2.24) is 4.90 Å². The molecule has 3 aromatic rings. The highest BCUT2D eigenvalue weighted by Gasteiger charge is 2.39. The molecule has 222 valence electrons. The van der Waals surface area contributed by atoms with Gasteiger partial charge in [0.15, 0.2) is 0 Å². The lowest BCUT2D eigenvalue weighted by Gasteiger charge is -2.42. The van der Waals surface area contributed by atoms with Crippen molar-refractivity contribution in [3.8, 4) is 11.5 Å². The van der Waals surface area contributed by atoms with Crippen LogP contribution in [0.1, 0.15) is 29.6 Å². The highest BCUT2D eigenvalue weighted by Crippen LogP contribution is 2.33. The molecule has 1 saturated heterocycles. The van der Waals surface area contributed by atoms with Gasteiger partial charge in [-0.2, -0.15) is 0 Å². The summed E-state index contributed by atoms with van der Waals surface area (Å²) in [7, 11) is -0.900. The van der Waals surface area contributed by atoms with Crippen molar-refractivity contribution in [2.24, 2.45) is 0 Å². The molecule has 3 atom stereocenters. The van der Waals surface area contributed by atoms with Gasteiger partial charge in [-0.15, -0.1) is 0 Å². The van der Waals surface area contributed by atoms with E-state index in [1.165, 1.54) is 42.3 Å². The molecular formula is C29H29F2N3O7S. The van der Waals surface area contributed by atoms with Gasteiger partial charge in [0.1, 0.15) is 35.8 Å². The summed E-state index contributed by atoms with van der Waals surface area (Å²) in [6.07, 6.45) is -0.243. The number of fused-ring (bicyclic) bond motifs is 2. The fourth-order valence-corrected chi connectivity index (χ4v) is 6.16. The van der Waals surface area contributed by atoms with Crippen LogP contribution in [0.15, 0.2) is 65.6 Å². The normalized spacial score (nSPS) is 20.3. The van der Waals surface area contributed by atoms with Crippen LogP contribution in [-0.4, -0.2) is 64.1 Å². The van der Waals surface area contributed by atoms with Gasteiger partial charge in [-0.1, -0.05) is 6.07 Å². The monoisotopic (exact) mass is 601 g/mol. The topological polar surface area (TPSA) is 123 Å². The second kappa shape index (κ2) is 11.9. The van der Waals surface area contributed by atoms with Gasteiger partial charge in [-0.25, -0.2) is 17.2 Å². The maximum absolute atomic E-state index is 13.9. The number of carbonyl (C=O) groups is 2. The summed E-state index contributed by atoms with van der Waals surface area (Å²) in [6.45, 7) is 0.0703. The minimum absolute atomic E-state index is 0.000198. The van der Waals surface area contributed by atoms with E-state index in [0.29, 0.717) is 18.6 Å². The SMILES string of the molecule is COc1cccc(S(=O)(=O)Nc2ccc3c(c2)C(=O)N(C)[C@H]2CC[C@H](CC(=O)Nc4cc(F)ccc4F)O[C@@H]2CO3)c1. The standard InChI is InChI=1S/C29H29F2N3O7S/c1-34-25-10-8-20(15-28(35)32-24-12-17(30)6-9-23(24)31)41-27(25)16-40-26-11-7-18(13-22(26)29(34)36)33-42(37,38)21-5-3-4-19(14-21)39-2/h3-7,9,11-14,20,25,27,33H,8,10,15-16H2,1-2H3,(H,32,35)/t20-,25+,27-/m1/s1. The first kappa shape index (κ1) is 29.3. The van der Waals surface area contributed by atoms with Gasteiger partial charge in [-0.3, -0.25) is 14.3 Å². The summed E-state index contributed by atoms with van der Waals surface area (Å²) in [5.41, 5.74) is 0.107. The van der Waals surface area contributed by atoms with Crippen LogP contribution in [0, 0.1) is 11.6 Å². The molecule has 0 saturated carbocycles. The number of ether oxygens (including phenoxy) is 3. The Hall–Kier alpha value is -4.23. The third-order valence-electron chi connectivity index (χ3n) is 7.23. The van der Waals surface area contributed by atoms with Gasteiger partial charge in [-0.05, 0) is 55.3 Å². The Bertz CT molecular complexity index is 1620. The van der Waals surface area contributed by atoms with Crippen molar-refractivity contribution >= 4 is 33.2 Å². The van der Waals surface area contributed by atoms with Gasteiger partial charge >= 0.3 is 0 Å². The van der Waals surface area contributed by atoms with E-state index >= 15 is 0 Å². The van der Waals surface area contributed by atoms with Gasteiger partial charge in [0.25, 0.3) is 15.9 Å². The molecule has 0 spiro atoms. The Kier molecular flexibility index (Phi) is 8.32. The largest absolute Gasteiger partial charge is 0.497 e.